The molecule has 20 heavy (non-hydrogen) atoms. The maximum absolute atomic E-state index is 13.7. The van der Waals surface area contributed by atoms with E-state index in [1.54, 1.807) is 12.1 Å². The van der Waals surface area contributed by atoms with Crippen molar-refractivity contribution in [2.45, 2.75) is 24.9 Å². The first-order chi connectivity index (χ1) is 9.66. The average molecular weight is 291 g/mol. The highest BCUT2D eigenvalue weighted by atomic mass is 35.5. The molecule has 2 aromatic rings. The fourth-order valence-corrected chi connectivity index (χ4v) is 3.05. The van der Waals surface area contributed by atoms with Gasteiger partial charge in [-0.05, 0) is 36.0 Å². The van der Waals surface area contributed by atoms with Gasteiger partial charge in [0.05, 0.1) is 6.10 Å². The topological polar surface area (TPSA) is 20.2 Å². The summed E-state index contributed by atoms with van der Waals surface area (Å²) >= 11 is 6.00. The van der Waals surface area contributed by atoms with Gasteiger partial charge in [-0.2, -0.15) is 0 Å². The molecule has 0 spiro atoms. The van der Waals surface area contributed by atoms with E-state index in [1.807, 2.05) is 18.2 Å². The maximum atomic E-state index is 13.7. The molecule has 0 bridgehead atoms. The van der Waals surface area contributed by atoms with Gasteiger partial charge in [0.1, 0.15) is 5.82 Å². The molecule has 1 nitrogen and oxygen atoms in total. The number of hydrogen-bond donors (Lipinski definition) is 1. The highest BCUT2D eigenvalue weighted by Gasteiger charge is 2.43. The molecule has 0 amide bonds. The molecule has 2 aromatic carbocycles. The Hall–Kier alpha value is -1.38. The molecule has 3 atom stereocenters. The van der Waals surface area contributed by atoms with Crippen LogP contribution in [0.4, 0.5) is 4.39 Å². The molecule has 0 saturated heterocycles. The standard InChI is InChI=1S/C17H16ClFO/c18-15-7-4-8-16(19)14(15)10-17(20)13-9-12(13)11-5-2-1-3-6-11/h1-8,12-13,17,20H,9-10H2. The van der Waals surface area contributed by atoms with E-state index in [-0.39, 0.29) is 18.2 Å². The normalized spacial score (nSPS) is 22.6. The first-order valence-corrected chi connectivity index (χ1v) is 7.20. The molecule has 1 saturated carbocycles. The molecule has 3 rings (SSSR count). The first kappa shape index (κ1) is 13.6. The van der Waals surface area contributed by atoms with Gasteiger partial charge in [-0.15, -0.1) is 0 Å². The Morgan fingerprint density at radius 1 is 1.15 bits per heavy atom. The van der Waals surface area contributed by atoms with Crippen LogP contribution in [-0.2, 0) is 6.42 Å². The van der Waals surface area contributed by atoms with Crippen molar-refractivity contribution >= 4 is 11.6 Å². The second-order valence-electron chi connectivity index (χ2n) is 5.39. The average Bonchev–Trinajstić information content (AvgIpc) is 3.24. The quantitative estimate of drug-likeness (QED) is 0.895. The molecular weight excluding hydrogens is 275 g/mol. The van der Waals surface area contributed by atoms with Crippen LogP contribution in [0, 0.1) is 11.7 Å². The molecule has 0 aromatic heterocycles. The van der Waals surface area contributed by atoms with Crippen molar-refractivity contribution in [3.8, 4) is 0 Å². The molecule has 3 unspecified atom stereocenters. The fourth-order valence-electron chi connectivity index (χ4n) is 2.81. The smallest absolute Gasteiger partial charge is 0.127 e. The Morgan fingerprint density at radius 3 is 2.60 bits per heavy atom. The van der Waals surface area contributed by atoms with Gasteiger partial charge in [-0.1, -0.05) is 48.0 Å². The van der Waals surface area contributed by atoms with Crippen LogP contribution in [0.5, 0.6) is 0 Å². The Labute approximate surface area is 123 Å². The molecule has 0 aliphatic heterocycles. The number of rotatable bonds is 4. The second-order valence-corrected chi connectivity index (χ2v) is 5.80. The third-order valence-electron chi connectivity index (χ3n) is 4.04. The predicted octanol–water partition coefficient (Wildman–Crippen LogP) is 4.19. The SMILES string of the molecule is OC(Cc1c(F)cccc1Cl)C1CC1c1ccccc1. The van der Waals surface area contributed by atoms with Crippen LogP contribution < -0.4 is 0 Å². The van der Waals surface area contributed by atoms with Crippen molar-refractivity contribution < 1.29 is 9.50 Å². The van der Waals surface area contributed by atoms with E-state index in [9.17, 15) is 9.50 Å². The number of benzene rings is 2. The molecule has 1 aliphatic carbocycles. The van der Waals surface area contributed by atoms with Crippen LogP contribution in [-0.4, -0.2) is 11.2 Å². The largest absolute Gasteiger partial charge is 0.392 e. The molecule has 3 heteroatoms. The minimum Gasteiger partial charge on any atom is -0.392 e. The second kappa shape index (κ2) is 5.55. The van der Waals surface area contributed by atoms with Gasteiger partial charge in [0.25, 0.3) is 0 Å². The van der Waals surface area contributed by atoms with E-state index in [0.29, 0.717) is 16.5 Å². The summed E-state index contributed by atoms with van der Waals surface area (Å²) in [6.45, 7) is 0. The van der Waals surface area contributed by atoms with Crippen LogP contribution in [0.2, 0.25) is 5.02 Å². The predicted molar refractivity (Wildman–Crippen MR) is 78.4 cm³/mol. The zero-order valence-electron chi connectivity index (χ0n) is 11.0. The third kappa shape index (κ3) is 2.72. The minimum atomic E-state index is -0.547. The van der Waals surface area contributed by atoms with Crippen molar-refractivity contribution in [2.24, 2.45) is 5.92 Å². The summed E-state index contributed by atoms with van der Waals surface area (Å²) in [7, 11) is 0. The first-order valence-electron chi connectivity index (χ1n) is 6.82. The van der Waals surface area contributed by atoms with E-state index in [0.717, 1.165) is 6.42 Å². The molecule has 0 radical (unpaired) electrons. The summed E-state index contributed by atoms with van der Waals surface area (Å²) < 4.78 is 13.7. The molecule has 1 aliphatic rings. The molecular formula is C17H16ClFO. The Kier molecular flexibility index (Phi) is 3.77. The summed E-state index contributed by atoms with van der Waals surface area (Å²) in [6.07, 6.45) is 0.686. The number of aliphatic hydroxyl groups is 1. The van der Waals surface area contributed by atoms with E-state index < -0.39 is 6.10 Å². The van der Waals surface area contributed by atoms with E-state index in [2.05, 4.69) is 12.1 Å². The maximum Gasteiger partial charge on any atom is 0.127 e. The Balaban J connectivity index is 1.68. The molecule has 1 N–H and O–H groups in total. The van der Waals surface area contributed by atoms with Crippen molar-refractivity contribution in [1.82, 2.24) is 0 Å². The summed E-state index contributed by atoms with van der Waals surface area (Å²) in [5.41, 5.74) is 1.66. The Bertz CT molecular complexity index is 579. The molecule has 0 heterocycles. The number of halogens is 2. The minimum absolute atomic E-state index is 0.202. The van der Waals surface area contributed by atoms with Gasteiger partial charge in [0.2, 0.25) is 0 Å². The third-order valence-corrected chi connectivity index (χ3v) is 4.39. The molecule has 104 valence electrons. The molecule has 1 fully saturated rings. The lowest BCUT2D eigenvalue weighted by molar-refractivity contribution is 0.148. The number of aliphatic hydroxyl groups excluding tert-OH is 1. The monoisotopic (exact) mass is 290 g/mol. The van der Waals surface area contributed by atoms with Gasteiger partial charge in [-0.3, -0.25) is 0 Å². The van der Waals surface area contributed by atoms with Crippen LogP contribution in [0.3, 0.4) is 0 Å². The lowest BCUT2D eigenvalue weighted by atomic mass is 10.0. The van der Waals surface area contributed by atoms with E-state index in [4.69, 9.17) is 11.6 Å². The van der Waals surface area contributed by atoms with Crippen LogP contribution in [0.25, 0.3) is 0 Å². The van der Waals surface area contributed by atoms with E-state index in [1.165, 1.54) is 11.6 Å². The summed E-state index contributed by atoms with van der Waals surface area (Å²) in [5, 5.41) is 10.7. The van der Waals surface area contributed by atoms with Crippen LogP contribution in [0.15, 0.2) is 48.5 Å². The van der Waals surface area contributed by atoms with Crippen molar-refractivity contribution in [3.63, 3.8) is 0 Å². The summed E-state index contributed by atoms with van der Waals surface area (Å²) in [5.74, 6) is 0.248. The van der Waals surface area contributed by atoms with Gasteiger partial charge in [0.15, 0.2) is 0 Å². The van der Waals surface area contributed by atoms with Crippen LogP contribution in [0.1, 0.15) is 23.5 Å². The number of hydrogen-bond acceptors (Lipinski definition) is 1. The van der Waals surface area contributed by atoms with Crippen LogP contribution >= 0.6 is 11.6 Å². The van der Waals surface area contributed by atoms with Gasteiger partial charge < -0.3 is 5.11 Å². The van der Waals surface area contributed by atoms with Gasteiger partial charge in [-0.25, -0.2) is 4.39 Å². The summed E-state index contributed by atoms with van der Waals surface area (Å²) in [6, 6.07) is 14.8. The van der Waals surface area contributed by atoms with Crippen molar-refractivity contribution in [3.05, 3.63) is 70.5 Å². The van der Waals surface area contributed by atoms with E-state index >= 15 is 0 Å². The lowest BCUT2D eigenvalue weighted by Gasteiger charge is -2.12. The van der Waals surface area contributed by atoms with Gasteiger partial charge in [0, 0.05) is 17.0 Å². The van der Waals surface area contributed by atoms with Crippen molar-refractivity contribution in [2.75, 3.05) is 0 Å². The lowest BCUT2D eigenvalue weighted by Crippen LogP contribution is -2.15. The zero-order chi connectivity index (χ0) is 14.1. The summed E-state index contributed by atoms with van der Waals surface area (Å²) in [4.78, 5) is 0. The zero-order valence-corrected chi connectivity index (χ0v) is 11.7. The highest BCUT2D eigenvalue weighted by molar-refractivity contribution is 6.31. The van der Waals surface area contributed by atoms with Crippen molar-refractivity contribution in [1.29, 1.82) is 0 Å². The highest BCUT2D eigenvalue weighted by Crippen LogP contribution is 2.50. The van der Waals surface area contributed by atoms with Gasteiger partial charge >= 0.3 is 0 Å². The Morgan fingerprint density at radius 2 is 1.90 bits per heavy atom. The fraction of sp³-hybridized carbons (Fsp3) is 0.294.